The molecule has 3 rings (SSSR count). The molecular weight excluding hydrogens is 238 g/mol. The third-order valence-electron chi connectivity index (χ3n) is 3.67. The molecule has 19 heavy (non-hydrogen) atoms. The predicted octanol–water partition coefficient (Wildman–Crippen LogP) is 2.25. The minimum atomic E-state index is -0.338. The summed E-state index contributed by atoms with van der Waals surface area (Å²) in [5, 5.41) is 14.4. The zero-order valence-corrected chi connectivity index (χ0v) is 11.2. The van der Waals surface area contributed by atoms with Crippen LogP contribution in [-0.4, -0.2) is 21.4 Å². The van der Waals surface area contributed by atoms with Gasteiger partial charge in [-0.25, -0.2) is 0 Å². The molecule has 1 aromatic heterocycles. The molecule has 2 heterocycles. The number of nitrogens with zero attached hydrogens (tertiary/aromatic N) is 3. The van der Waals surface area contributed by atoms with Crippen LogP contribution in [0.4, 0.5) is 5.69 Å². The Kier molecular flexibility index (Phi) is 3.25. The molecule has 0 fully saturated rings. The Morgan fingerprint density at radius 1 is 1.37 bits per heavy atom. The largest absolute Gasteiger partial charge is 0.388 e. The quantitative estimate of drug-likeness (QED) is 0.897. The number of hydrogen-bond acceptors (Lipinski definition) is 3. The summed E-state index contributed by atoms with van der Waals surface area (Å²) in [4.78, 5) is 2.34. The highest BCUT2D eigenvalue weighted by atomic mass is 16.3. The Morgan fingerprint density at radius 2 is 2.21 bits per heavy atom. The number of anilines is 1. The van der Waals surface area contributed by atoms with Crippen molar-refractivity contribution in [3.05, 3.63) is 47.8 Å². The van der Waals surface area contributed by atoms with Crippen LogP contribution in [0.2, 0.25) is 0 Å². The van der Waals surface area contributed by atoms with Crippen molar-refractivity contribution in [3.63, 3.8) is 0 Å². The smallest absolute Gasteiger partial charge is 0.0810 e. The Labute approximate surface area is 113 Å². The summed E-state index contributed by atoms with van der Waals surface area (Å²) in [7, 11) is 1.93. The summed E-state index contributed by atoms with van der Waals surface area (Å²) >= 11 is 0. The van der Waals surface area contributed by atoms with Gasteiger partial charge < -0.3 is 10.0 Å². The minimum absolute atomic E-state index is 0.338. The van der Waals surface area contributed by atoms with E-state index in [0.717, 1.165) is 37.2 Å². The van der Waals surface area contributed by atoms with Gasteiger partial charge in [0.1, 0.15) is 0 Å². The molecule has 1 aliphatic heterocycles. The maximum Gasteiger partial charge on any atom is 0.0810 e. The van der Waals surface area contributed by atoms with Crippen molar-refractivity contribution in [3.8, 4) is 0 Å². The molecule has 100 valence electrons. The fraction of sp³-hybridized carbons (Fsp3) is 0.400. The first-order valence-corrected chi connectivity index (χ1v) is 6.73. The molecule has 0 spiro atoms. The Hall–Kier alpha value is -1.81. The molecule has 4 heteroatoms. The molecule has 1 atom stereocenters. The van der Waals surface area contributed by atoms with Gasteiger partial charge in [0, 0.05) is 43.1 Å². The summed E-state index contributed by atoms with van der Waals surface area (Å²) in [6, 6.07) is 8.16. The number of rotatable bonds is 2. The molecule has 1 aromatic carbocycles. The van der Waals surface area contributed by atoms with Crippen LogP contribution in [0.25, 0.3) is 0 Å². The van der Waals surface area contributed by atoms with Gasteiger partial charge in [-0.1, -0.05) is 18.2 Å². The van der Waals surface area contributed by atoms with Crippen LogP contribution in [-0.2, 0) is 13.6 Å². The van der Waals surface area contributed by atoms with Crippen molar-refractivity contribution in [2.24, 2.45) is 7.05 Å². The molecule has 0 amide bonds. The van der Waals surface area contributed by atoms with Crippen LogP contribution in [0.3, 0.4) is 0 Å². The lowest BCUT2D eigenvalue weighted by Gasteiger charge is -2.24. The summed E-state index contributed by atoms with van der Waals surface area (Å²) < 4.78 is 1.83. The van der Waals surface area contributed by atoms with Crippen molar-refractivity contribution in [2.45, 2.75) is 25.5 Å². The summed E-state index contributed by atoms with van der Waals surface area (Å²) in [6.07, 6.45) is 5.46. The van der Waals surface area contributed by atoms with Gasteiger partial charge >= 0.3 is 0 Å². The van der Waals surface area contributed by atoms with Crippen LogP contribution < -0.4 is 4.90 Å². The average molecular weight is 257 g/mol. The highest BCUT2D eigenvalue weighted by Gasteiger charge is 2.21. The van der Waals surface area contributed by atoms with Crippen molar-refractivity contribution in [1.82, 2.24) is 9.78 Å². The van der Waals surface area contributed by atoms with Gasteiger partial charge in [0.2, 0.25) is 0 Å². The Bertz CT molecular complexity index is 564. The molecule has 0 radical (unpaired) electrons. The first kappa shape index (κ1) is 12.2. The van der Waals surface area contributed by atoms with Crippen molar-refractivity contribution in [2.75, 3.05) is 11.4 Å². The minimum Gasteiger partial charge on any atom is -0.388 e. The van der Waals surface area contributed by atoms with E-state index in [1.165, 1.54) is 5.56 Å². The predicted molar refractivity (Wildman–Crippen MR) is 74.9 cm³/mol. The van der Waals surface area contributed by atoms with E-state index in [9.17, 15) is 5.11 Å². The van der Waals surface area contributed by atoms with Gasteiger partial charge in [-0.15, -0.1) is 0 Å². The highest BCUT2D eigenvalue weighted by Crippen LogP contribution is 2.33. The van der Waals surface area contributed by atoms with Crippen molar-refractivity contribution in [1.29, 1.82) is 0 Å². The monoisotopic (exact) mass is 257 g/mol. The van der Waals surface area contributed by atoms with E-state index in [2.05, 4.69) is 16.1 Å². The maximum absolute atomic E-state index is 10.2. The molecule has 4 nitrogen and oxygen atoms in total. The first-order valence-electron chi connectivity index (χ1n) is 6.73. The molecule has 0 bridgehead atoms. The van der Waals surface area contributed by atoms with Crippen molar-refractivity contribution < 1.29 is 5.11 Å². The second-order valence-electron chi connectivity index (χ2n) is 5.16. The highest BCUT2D eigenvalue weighted by molar-refractivity contribution is 5.55. The number of aliphatic hydroxyl groups excluding tert-OH is 1. The number of aryl methyl sites for hydroxylation is 1. The number of hydrogen-bond donors (Lipinski definition) is 1. The zero-order chi connectivity index (χ0) is 13.2. The van der Waals surface area contributed by atoms with E-state index in [1.807, 2.05) is 42.3 Å². The van der Waals surface area contributed by atoms with E-state index in [0.29, 0.717) is 0 Å². The maximum atomic E-state index is 10.2. The van der Waals surface area contributed by atoms with E-state index < -0.39 is 0 Å². The second kappa shape index (κ2) is 5.05. The SMILES string of the molecule is Cn1cc(CN2CCCC(O)c3ccccc32)cn1. The van der Waals surface area contributed by atoms with E-state index in [1.54, 1.807) is 0 Å². The standard InChI is InChI=1S/C15H19N3O/c1-17-10-12(9-16-17)11-18-8-4-7-15(19)13-5-2-3-6-14(13)18/h2-3,5-6,9-10,15,19H,4,7-8,11H2,1H3. The van der Waals surface area contributed by atoms with E-state index in [-0.39, 0.29) is 6.10 Å². The lowest BCUT2D eigenvalue weighted by Crippen LogP contribution is -2.23. The van der Waals surface area contributed by atoms with Gasteiger partial charge in [0.15, 0.2) is 0 Å². The summed E-state index contributed by atoms with van der Waals surface area (Å²) in [5.74, 6) is 0. The molecule has 0 saturated carbocycles. The molecule has 2 aromatic rings. The number of benzene rings is 1. The molecule has 0 saturated heterocycles. The molecular formula is C15H19N3O. The average Bonchev–Trinajstić information content (AvgIpc) is 2.75. The Balaban J connectivity index is 1.91. The second-order valence-corrected chi connectivity index (χ2v) is 5.16. The van der Waals surface area contributed by atoms with Crippen LogP contribution >= 0.6 is 0 Å². The Morgan fingerprint density at radius 3 is 3.00 bits per heavy atom. The zero-order valence-electron chi connectivity index (χ0n) is 11.2. The van der Waals surface area contributed by atoms with Gasteiger partial charge in [0.05, 0.1) is 12.3 Å². The molecule has 1 aliphatic rings. The molecule has 1 N–H and O–H groups in total. The lowest BCUT2D eigenvalue weighted by atomic mass is 10.0. The van der Waals surface area contributed by atoms with Crippen LogP contribution in [0, 0.1) is 0 Å². The van der Waals surface area contributed by atoms with E-state index >= 15 is 0 Å². The van der Waals surface area contributed by atoms with Gasteiger partial charge in [-0.2, -0.15) is 5.10 Å². The van der Waals surface area contributed by atoms with Crippen molar-refractivity contribution >= 4 is 5.69 Å². The third-order valence-corrected chi connectivity index (χ3v) is 3.67. The topological polar surface area (TPSA) is 41.3 Å². The molecule has 1 unspecified atom stereocenters. The number of aliphatic hydroxyl groups is 1. The van der Waals surface area contributed by atoms with Crippen LogP contribution in [0.5, 0.6) is 0 Å². The van der Waals surface area contributed by atoms with Crippen LogP contribution in [0.15, 0.2) is 36.7 Å². The fourth-order valence-corrected chi connectivity index (χ4v) is 2.75. The molecule has 0 aliphatic carbocycles. The third kappa shape index (κ3) is 2.49. The van der Waals surface area contributed by atoms with Gasteiger partial charge in [-0.3, -0.25) is 4.68 Å². The fourth-order valence-electron chi connectivity index (χ4n) is 2.75. The number of para-hydroxylation sites is 1. The summed E-state index contributed by atoms with van der Waals surface area (Å²) in [6.45, 7) is 1.82. The van der Waals surface area contributed by atoms with Crippen LogP contribution in [0.1, 0.15) is 30.1 Å². The number of fused-ring (bicyclic) bond motifs is 1. The van der Waals surface area contributed by atoms with E-state index in [4.69, 9.17) is 0 Å². The van der Waals surface area contributed by atoms with Gasteiger partial charge in [-0.05, 0) is 18.9 Å². The summed E-state index contributed by atoms with van der Waals surface area (Å²) in [5.41, 5.74) is 3.40. The van der Waals surface area contributed by atoms with Gasteiger partial charge in [0.25, 0.3) is 0 Å². The lowest BCUT2D eigenvalue weighted by molar-refractivity contribution is 0.168. The number of aromatic nitrogens is 2. The first-order chi connectivity index (χ1) is 9.24. The normalized spacial score (nSPS) is 19.1.